The zero-order valence-corrected chi connectivity index (χ0v) is 16.7. The van der Waals surface area contributed by atoms with E-state index >= 15 is 0 Å². The Hall–Kier alpha value is -3.45. The third-order valence-electron chi connectivity index (χ3n) is 5.01. The van der Waals surface area contributed by atoms with E-state index in [9.17, 15) is 9.59 Å². The number of aryl methyl sites for hydroxylation is 1. The Morgan fingerprint density at radius 1 is 1.13 bits per heavy atom. The maximum absolute atomic E-state index is 12.5. The Morgan fingerprint density at radius 3 is 2.50 bits per heavy atom. The van der Waals surface area contributed by atoms with E-state index in [2.05, 4.69) is 10.3 Å². The predicted octanol–water partition coefficient (Wildman–Crippen LogP) is 3.46. The molecule has 0 spiro atoms. The number of rotatable bonds is 7. The van der Waals surface area contributed by atoms with Crippen LogP contribution in [0.25, 0.3) is 0 Å². The molecule has 2 aromatic carbocycles. The number of carbonyl (C=O) groups is 2. The SMILES string of the molecule is Cn1ccnc1C(=O)c1ccc(NC(=O)c2ccc(OC[C@@H]3CCCO3)cc2)cc1. The summed E-state index contributed by atoms with van der Waals surface area (Å²) >= 11 is 0. The standard InChI is InChI=1S/C23H23N3O4/c1-26-13-12-24-22(26)21(27)16-4-8-18(9-5-16)25-23(28)17-6-10-19(11-7-17)30-15-20-3-2-14-29-20/h4-13,20H,2-3,14-15H2,1H3,(H,25,28)/t20-/m0/s1. The van der Waals surface area contributed by atoms with Crippen molar-refractivity contribution in [2.45, 2.75) is 18.9 Å². The van der Waals surface area contributed by atoms with E-state index in [1.807, 2.05) is 0 Å². The van der Waals surface area contributed by atoms with Gasteiger partial charge in [0.1, 0.15) is 12.4 Å². The number of nitrogens with one attached hydrogen (secondary N) is 1. The summed E-state index contributed by atoms with van der Waals surface area (Å²) in [6.45, 7) is 1.32. The van der Waals surface area contributed by atoms with Crippen LogP contribution in [0, 0.1) is 0 Å². The predicted molar refractivity (Wildman–Crippen MR) is 112 cm³/mol. The number of amides is 1. The van der Waals surface area contributed by atoms with Gasteiger partial charge in [-0.2, -0.15) is 0 Å². The molecule has 1 fully saturated rings. The highest BCUT2D eigenvalue weighted by Gasteiger charge is 2.16. The second-order valence-electron chi connectivity index (χ2n) is 7.19. The molecule has 3 aromatic rings. The van der Waals surface area contributed by atoms with Gasteiger partial charge in [0.25, 0.3) is 5.91 Å². The molecule has 1 amide bonds. The van der Waals surface area contributed by atoms with Gasteiger partial charge < -0.3 is 19.4 Å². The lowest BCUT2D eigenvalue weighted by atomic mass is 10.1. The fraction of sp³-hybridized carbons (Fsp3) is 0.261. The molecule has 1 N–H and O–H groups in total. The number of imidazole rings is 1. The van der Waals surface area contributed by atoms with Crippen molar-refractivity contribution in [3.05, 3.63) is 77.9 Å². The summed E-state index contributed by atoms with van der Waals surface area (Å²) in [5.41, 5.74) is 1.64. The molecule has 1 saturated heterocycles. The smallest absolute Gasteiger partial charge is 0.255 e. The first-order chi connectivity index (χ1) is 14.6. The topological polar surface area (TPSA) is 82.5 Å². The third kappa shape index (κ3) is 4.58. The van der Waals surface area contributed by atoms with E-state index in [-0.39, 0.29) is 17.8 Å². The van der Waals surface area contributed by atoms with Gasteiger partial charge in [0.15, 0.2) is 5.82 Å². The largest absolute Gasteiger partial charge is 0.491 e. The van der Waals surface area contributed by atoms with Gasteiger partial charge in [-0.1, -0.05) is 0 Å². The minimum Gasteiger partial charge on any atom is -0.491 e. The lowest BCUT2D eigenvalue weighted by Crippen LogP contribution is -2.16. The molecule has 154 valence electrons. The highest BCUT2D eigenvalue weighted by atomic mass is 16.5. The van der Waals surface area contributed by atoms with Crippen molar-refractivity contribution in [3.8, 4) is 5.75 Å². The Morgan fingerprint density at radius 2 is 1.87 bits per heavy atom. The maximum Gasteiger partial charge on any atom is 0.255 e. The zero-order valence-electron chi connectivity index (χ0n) is 16.7. The van der Waals surface area contributed by atoms with Crippen molar-refractivity contribution < 1.29 is 19.1 Å². The Bertz CT molecular complexity index is 1020. The molecule has 0 radical (unpaired) electrons. The van der Waals surface area contributed by atoms with Gasteiger partial charge in [-0.3, -0.25) is 9.59 Å². The van der Waals surface area contributed by atoms with Gasteiger partial charge in [-0.05, 0) is 61.4 Å². The third-order valence-corrected chi connectivity index (χ3v) is 5.01. The molecule has 30 heavy (non-hydrogen) atoms. The Labute approximate surface area is 174 Å². The number of ether oxygens (including phenoxy) is 2. The maximum atomic E-state index is 12.5. The lowest BCUT2D eigenvalue weighted by Gasteiger charge is -2.12. The van der Waals surface area contributed by atoms with Crippen LogP contribution < -0.4 is 10.1 Å². The van der Waals surface area contributed by atoms with Gasteiger partial charge in [0.05, 0.1) is 6.10 Å². The van der Waals surface area contributed by atoms with Crippen molar-refractivity contribution >= 4 is 17.4 Å². The van der Waals surface area contributed by atoms with E-state index in [4.69, 9.17) is 9.47 Å². The molecular weight excluding hydrogens is 382 g/mol. The average Bonchev–Trinajstić information content (AvgIpc) is 3.44. The van der Waals surface area contributed by atoms with Gasteiger partial charge in [-0.25, -0.2) is 4.98 Å². The van der Waals surface area contributed by atoms with Crippen molar-refractivity contribution in [1.82, 2.24) is 9.55 Å². The van der Waals surface area contributed by atoms with Crippen molar-refractivity contribution in [3.63, 3.8) is 0 Å². The number of benzene rings is 2. The summed E-state index contributed by atoms with van der Waals surface area (Å²) in [6.07, 6.45) is 5.55. The summed E-state index contributed by atoms with van der Waals surface area (Å²) in [4.78, 5) is 29.0. The number of ketones is 1. The molecule has 1 aliphatic rings. The first-order valence-electron chi connectivity index (χ1n) is 9.88. The molecule has 0 unspecified atom stereocenters. The number of hydrogen-bond donors (Lipinski definition) is 1. The number of hydrogen-bond acceptors (Lipinski definition) is 5. The molecule has 1 atom stereocenters. The molecule has 4 rings (SSSR count). The number of carbonyl (C=O) groups excluding carboxylic acids is 2. The molecule has 1 aliphatic heterocycles. The molecular formula is C23H23N3O4. The second kappa shape index (κ2) is 8.92. The van der Waals surface area contributed by atoms with Crippen molar-refractivity contribution in [2.24, 2.45) is 7.05 Å². The summed E-state index contributed by atoms with van der Waals surface area (Å²) in [6, 6.07) is 13.7. The van der Waals surface area contributed by atoms with Crippen LogP contribution >= 0.6 is 0 Å². The summed E-state index contributed by atoms with van der Waals surface area (Å²) in [5, 5.41) is 2.83. The van der Waals surface area contributed by atoms with Gasteiger partial charge in [0.2, 0.25) is 5.78 Å². The van der Waals surface area contributed by atoms with Crippen LogP contribution in [0.3, 0.4) is 0 Å². The van der Waals surface area contributed by atoms with Gasteiger partial charge >= 0.3 is 0 Å². The van der Waals surface area contributed by atoms with E-state index < -0.39 is 0 Å². The first-order valence-corrected chi connectivity index (χ1v) is 9.88. The van der Waals surface area contributed by atoms with Gasteiger partial charge in [0, 0.05) is 42.9 Å². The summed E-state index contributed by atoms with van der Waals surface area (Å²) in [5.74, 6) is 0.676. The highest BCUT2D eigenvalue weighted by Crippen LogP contribution is 2.18. The Kier molecular flexibility index (Phi) is 5.90. The molecule has 7 heteroatoms. The van der Waals surface area contributed by atoms with Crippen LogP contribution in [0.4, 0.5) is 5.69 Å². The van der Waals surface area contributed by atoms with E-state index in [0.717, 1.165) is 19.4 Å². The van der Waals surface area contributed by atoms with Crippen LogP contribution in [0.15, 0.2) is 60.9 Å². The Balaban J connectivity index is 1.34. The molecule has 7 nitrogen and oxygen atoms in total. The van der Waals surface area contributed by atoms with Crippen LogP contribution in [-0.4, -0.2) is 40.6 Å². The van der Waals surface area contributed by atoms with Crippen LogP contribution in [0.1, 0.15) is 39.4 Å². The fourth-order valence-electron chi connectivity index (χ4n) is 3.29. The van der Waals surface area contributed by atoms with Crippen LogP contribution in [0.5, 0.6) is 5.75 Å². The molecule has 1 aromatic heterocycles. The lowest BCUT2D eigenvalue weighted by molar-refractivity contribution is 0.0679. The second-order valence-corrected chi connectivity index (χ2v) is 7.19. The number of anilines is 1. The average molecular weight is 405 g/mol. The van der Waals surface area contributed by atoms with E-state index in [1.54, 1.807) is 72.5 Å². The molecule has 0 saturated carbocycles. The van der Waals surface area contributed by atoms with E-state index in [1.165, 1.54) is 0 Å². The van der Waals surface area contributed by atoms with Gasteiger partial charge in [-0.15, -0.1) is 0 Å². The van der Waals surface area contributed by atoms with Crippen molar-refractivity contribution in [1.29, 1.82) is 0 Å². The molecule has 0 bridgehead atoms. The zero-order chi connectivity index (χ0) is 20.9. The quantitative estimate of drug-likeness (QED) is 0.609. The number of nitrogens with zero attached hydrogens (tertiary/aromatic N) is 2. The first kappa shape index (κ1) is 19.8. The molecule has 0 aliphatic carbocycles. The fourth-order valence-corrected chi connectivity index (χ4v) is 3.29. The normalized spacial score (nSPS) is 15.7. The van der Waals surface area contributed by atoms with Crippen molar-refractivity contribution in [2.75, 3.05) is 18.5 Å². The number of aromatic nitrogens is 2. The monoisotopic (exact) mass is 405 g/mol. The highest BCUT2D eigenvalue weighted by molar-refractivity contribution is 6.07. The summed E-state index contributed by atoms with van der Waals surface area (Å²) in [7, 11) is 1.77. The minimum absolute atomic E-state index is 0.153. The van der Waals surface area contributed by atoms with Crippen LogP contribution in [0.2, 0.25) is 0 Å². The summed E-state index contributed by atoms with van der Waals surface area (Å²) < 4.78 is 12.9. The van der Waals surface area contributed by atoms with E-state index in [0.29, 0.717) is 35.0 Å². The van der Waals surface area contributed by atoms with Crippen LogP contribution in [-0.2, 0) is 11.8 Å². The molecule has 2 heterocycles. The minimum atomic E-state index is -0.233.